The van der Waals surface area contributed by atoms with E-state index in [2.05, 4.69) is 15.0 Å². The second-order valence-corrected chi connectivity index (χ2v) is 8.50. The Balaban J connectivity index is 1.43. The zero-order valence-corrected chi connectivity index (χ0v) is 19.3. The average molecular weight is 512 g/mol. The normalized spacial score (nSPS) is 13.1. The average Bonchev–Trinajstić information content (AvgIpc) is 3.69. The molecule has 0 spiro atoms. The molecule has 4 rings (SSSR count). The van der Waals surface area contributed by atoms with Gasteiger partial charge < -0.3 is 25.3 Å². The van der Waals surface area contributed by atoms with E-state index in [0.717, 1.165) is 31.0 Å². The number of anilines is 2. The maximum atomic E-state index is 12.7. The van der Waals surface area contributed by atoms with Gasteiger partial charge in [0.05, 0.1) is 23.5 Å². The van der Waals surface area contributed by atoms with Crippen molar-refractivity contribution in [3.63, 3.8) is 0 Å². The zero-order chi connectivity index (χ0) is 26.6. The molecule has 1 heterocycles. The van der Waals surface area contributed by atoms with Gasteiger partial charge in [0.2, 0.25) is 5.91 Å². The third kappa shape index (κ3) is 7.29. The van der Waals surface area contributed by atoms with E-state index >= 15 is 0 Å². The molecule has 0 unspecified atom stereocenters. The summed E-state index contributed by atoms with van der Waals surface area (Å²) in [4.78, 5) is 40.7. The Hall–Kier alpha value is -4.41. The van der Waals surface area contributed by atoms with E-state index in [4.69, 9.17) is 0 Å². The molecule has 1 aliphatic carbocycles. The molecular formula is C26H21F3N3O5-. The summed E-state index contributed by atoms with van der Waals surface area (Å²) >= 11 is 0. The molecule has 192 valence electrons. The number of alkyl halides is 3. The molecule has 2 aromatic carbocycles. The Kier molecular flexibility index (Phi) is 7.42. The van der Waals surface area contributed by atoms with Crippen LogP contribution in [0.4, 0.5) is 29.3 Å². The third-order valence-electron chi connectivity index (χ3n) is 5.54. The smallest absolute Gasteiger partial charge is 0.422 e. The van der Waals surface area contributed by atoms with Gasteiger partial charge in [0.15, 0.2) is 12.4 Å². The first-order valence-corrected chi connectivity index (χ1v) is 11.3. The first-order valence-electron chi connectivity index (χ1n) is 11.3. The fraction of sp³-hybridized carbons (Fsp3) is 0.231. The van der Waals surface area contributed by atoms with Crippen LogP contribution in [0.1, 0.15) is 41.1 Å². The Morgan fingerprint density at radius 3 is 2.43 bits per heavy atom. The summed E-state index contributed by atoms with van der Waals surface area (Å²) in [6.45, 7) is -1.59. The second kappa shape index (κ2) is 10.7. The van der Waals surface area contributed by atoms with Crippen LogP contribution in [0.15, 0.2) is 60.8 Å². The summed E-state index contributed by atoms with van der Waals surface area (Å²) in [5.41, 5.74) is 2.50. The van der Waals surface area contributed by atoms with Crippen LogP contribution < -0.4 is 20.5 Å². The standard InChI is InChI=1S/C26H22F3N3O5/c27-26(28,29)14-37-19-7-9-21(22(11-19)32-25(35)36)31-24(34)12-23(33)17-3-1-2-16(10-17)20-8-6-18(13-30-20)15-4-5-15/h1-3,6-11,13,15,32H,4-5,12,14H2,(H,31,34)(H,35,36)/p-1. The van der Waals surface area contributed by atoms with Gasteiger partial charge in [0, 0.05) is 23.4 Å². The molecule has 2 amide bonds. The van der Waals surface area contributed by atoms with Crippen molar-refractivity contribution >= 4 is 29.2 Å². The number of ether oxygens (including phenoxy) is 1. The van der Waals surface area contributed by atoms with Crippen molar-refractivity contribution in [3.8, 4) is 17.0 Å². The van der Waals surface area contributed by atoms with Gasteiger partial charge in [-0.2, -0.15) is 13.2 Å². The molecule has 2 N–H and O–H groups in total. The van der Waals surface area contributed by atoms with E-state index in [1.165, 1.54) is 5.56 Å². The molecule has 8 nitrogen and oxygen atoms in total. The molecule has 0 saturated heterocycles. The molecule has 1 fully saturated rings. The van der Waals surface area contributed by atoms with Crippen LogP contribution >= 0.6 is 0 Å². The number of aromatic nitrogens is 1. The quantitative estimate of drug-likeness (QED) is 0.321. The van der Waals surface area contributed by atoms with E-state index < -0.39 is 37.0 Å². The summed E-state index contributed by atoms with van der Waals surface area (Å²) in [7, 11) is 0. The lowest BCUT2D eigenvalue weighted by Gasteiger charge is -2.16. The first-order chi connectivity index (χ1) is 17.6. The highest BCUT2D eigenvalue weighted by Gasteiger charge is 2.28. The van der Waals surface area contributed by atoms with Crippen LogP contribution in [0.2, 0.25) is 0 Å². The Bertz CT molecular complexity index is 1320. The Labute approximate surface area is 209 Å². The molecule has 37 heavy (non-hydrogen) atoms. The number of amides is 2. The molecule has 11 heteroatoms. The van der Waals surface area contributed by atoms with Crippen molar-refractivity contribution in [2.75, 3.05) is 17.2 Å². The molecule has 0 bridgehead atoms. The zero-order valence-electron chi connectivity index (χ0n) is 19.3. The van der Waals surface area contributed by atoms with Gasteiger partial charge in [0.25, 0.3) is 0 Å². The van der Waals surface area contributed by atoms with Crippen LogP contribution in [-0.4, -0.2) is 35.6 Å². The van der Waals surface area contributed by atoms with Crippen LogP contribution in [0, 0.1) is 0 Å². The summed E-state index contributed by atoms with van der Waals surface area (Å²) < 4.78 is 41.8. The van der Waals surface area contributed by atoms with Crippen molar-refractivity contribution in [2.45, 2.75) is 31.4 Å². The number of ketones is 1. The second-order valence-electron chi connectivity index (χ2n) is 8.50. The first kappa shape index (κ1) is 25.7. The monoisotopic (exact) mass is 512 g/mol. The minimum absolute atomic E-state index is 0.0879. The number of carboxylic acid groups (broad SMARTS) is 1. The van der Waals surface area contributed by atoms with Gasteiger partial charge in [0.1, 0.15) is 11.8 Å². The molecule has 1 saturated carbocycles. The molecule has 0 aliphatic heterocycles. The fourth-order valence-electron chi connectivity index (χ4n) is 3.63. The number of nitrogens with zero attached hydrogens (tertiary/aromatic N) is 1. The molecule has 1 aromatic heterocycles. The van der Waals surface area contributed by atoms with E-state index in [9.17, 15) is 32.7 Å². The minimum atomic E-state index is -4.59. The van der Waals surface area contributed by atoms with Gasteiger partial charge in [-0.1, -0.05) is 24.3 Å². The summed E-state index contributed by atoms with van der Waals surface area (Å²) in [6, 6.07) is 13.8. The van der Waals surface area contributed by atoms with Crippen LogP contribution in [0.5, 0.6) is 5.75 Å². The number of hydrogen-bond acceptors (Lipinski definition) is 6. The number of carbonyl (C=O) groups is 3. The molecule has 0 atom stereocenters. The van der Waals surface area contributed by atoms with Gasteiger partial charge in [-0.15, -0.1) is 0 Å². The van der Waals surface area contributed by atoms with Gasteiger partial charge in [-0.3, -0.25) is 14.6 Å². The highest BCUT2D eigenvalue weighted by molar-refractivity contribution is 6.12. The van der Waals surface area contributed by atoms with Crippen molar-refractivity contribution in [1.29, 1.82) is 0 Å². The minimum Gasteiger partial charge on any atom is -0.530 e. The Morgan fingerprint density at radius 2 is 1.78 bits per heavy atom. The number of benzene rings is 2. The lowest BCUT2D eigenvalue weighted by molar-refractivity contribution is -0.242. The van der Waals surface area contributed by atoms with Gasteiger partial charge >= 0.3 is 6.18 Å². The van der Waals surface area contributed by atoms with E-state index in [-0.39, 0.29) is 22.7 Å². The van der Waals surface area contributed by atoms with Crippen molar-refractivity contribution in [3.05, 3.63) is 71.9 Å². The largest absolute Gasteiger partial charge is 0.530 e. The number of nitrogens with one attached hydrogen (secondary N) is 2. The predicted octanol–water partition coefficient (Wildman–Crippen LogP) is 4.53. The number of hydrogen-bond donors (Lipinski definition) is 2. The van der Waals surface area contributed by atoms with Crippen LogP contribution in [0.3, 0.4) is 0 Å². The number of carbonyl (C=O) groups excluding carboxylic acids is 3. The van der Waals surface area contributed by atoms with Crippen LogP contribution in [0.25, 0.3) is 11.3 Å². The highest BCUT2D eigenvalue weighted by Crippen LogP contribution is 2.40. The molecule has 1 aliphatic rings. The molecular weight excluding hydrogens is 491 g/mol. The fourth-order valence-corrected chi connectivity index (χ4v) is 3.63. The topological polar surface area (TPSA) is 120 Å². The lowest BCUT2D eigenvalue weighted by atomic mass is 10.0. The number of Topliss-reactive ketones (excluding diaryl/α,β-unsaturated/α-hetero) is 1. The summed E-state index contributed by atoms with van der Waals surface area (Å²) in [5, 5.41) is 15.2. The lowest BCUT2D eigenvalue weighted by Crippen LogP contribution is -2.29. The third-order valence-corrected chi connectivity index (χ3v) is 5.54. The Morgan fingerprint density at radius 1 is 1.00 bits per heavy atom. The van der Waals surface area contributed by atoms with Crippen molar-refractivity contribution in [1.82, 2.24) is 4.98 Å². The highest BCUT2D eigenvalue weighted by atomic mass is 19.4. The van der Waals surface area contributed by atoms with Gasteiger partial charge in [-0.25, -0.2) is 0 Å². The maximum Gasteiger partial charge on any atom is 0.422 e. The van der Waals surface area contributed by atoms with Crippen LogP contribution in [-0.2, 0) is 4.79 Å². The summed E-state index contributed by atoms with van der Waals surface area (Å²) in [6.07, 6.45) is -2.76. The van der Waals surface area contributed by atoms with Gasteiger partial charge in [-0.05, 0) is 48.6 Å². The summed E-state index contributed by atoms with van der Waals surface area (Å²) in [5.74, 6) is -0.967. The van der Waals surface area contributed by atoms with E-state index in [1.807, 2.05) is 23.6 Å². The number of rotatable bonds is 9. The SMILES string of the molecule is O=C([O-])Nc1cc(OCC(F)(F)F)ccc1NC(=O)CC(=O)c1cccc(-c2ccc(C3CC3)cn2)c1. The van der Waals surface area contributed by atoms with Crippen molar-refractivity contribution < 1.29 is 37.4 Å². The predicted molar refractivity (Wildman–Crippen MR) is 126 cm³/mol. The molecule has 3 aromatic rings. The molecule has 0 radical (unpaired) electrons. The number of halogens is 3. The van der Waals surface area contributed by atoms with E-state index in [0.29, 0.717) is 17.2 Å². The number of pyridine rings is 1. The van der Waals surface area contributed by atoms with Crippen molar-refractivity contribution in [2.24, 2.45) is 0 Å². The van der Waals surface area contributed by atoms with E-state index in [1.54, 1.807) is 24.3 Å². The maximum absolute atomic E-state index is 12.7.